The number of halogens is 1. The van der Waals surface area contributed by atoms with Gasteiger partial charge in [-0.3, -0.25) is 9.59 Å². The first-order valence-corrected chi connectivity index (χ1v) is 11.0. The van der Waals surface area contributed by atoms with E-state index in [1.165, 1.54) is 22.5 Å². The van der Waals surface area contributed by atoms with Crippen LogP contribution < -0.4 is 10.6 Å². The third-order valence-electron chi connectivity index (χ3n) is 4.78. The Hall–Kier alpha value is -2.42. The third-order valence-corrected chi connectivity index (χ3v) is 7.01. The topological polar surface area (TPSA) is 95.6 Å². The van der Waals surface area contributed by atoms with Gasteiger partial charge in [0.1, 0.15) is 0 Å². The molecule has 0 spiro atoms. The van der Waals surface area contributed by atoms with Crippen LogP contribution in [0, 0.1) is 0 Å². The zero-order valence-electron chi connectivity index (χ0n) is 15.9. The predicted molar refractivity (Wildman–Crippen MR) is 110 cm³/mol. The van der Waals surface area contributed by atoms with E-state index in [2.05, 4.69) is 10.6 Å². The molecule has 2 amide bonds. The zero-order chi connectivity index (χ0) is 21.0. The second-order valence-electron chi connectivity index (χ2n) is 6.71. The van der Waals surface area contributed by atoms with Crippen LogP contribution in [0.1, 0.15) is 39.1 Å². The summed E-state index contributed by atoms with van der Waals surface area (Å²) in [5, 5.41) is 5.45. The summed E-state index contributed by atoms with van der Waals surface area (Å²) in [5.74, 6) is -0.660. The molecule has 1 aliphatic rings. The molecule has 2 N–H and O–H groups in total. The maximum atomic E-state index is 12.7. The van der Waals surface area contributed by atoms with E-state index in [1.807, 2.05) is 0 Å². The molecule has 0 saturated carbocycles. The Morgan fingerprint density at radius 1 is 1.03 bits per heavy atom. The molecule has 1 heterocycles. The van der Waals surface area contributed by atoms with E-state index in [9.17, 15) is 18.0 Å². The van der Waals surface area contributed by atoms with Gasteiger partial charge in [-0.05, 0) is 48.7 Å². The van der Waals surface area contributed by atoms with Crippen molar-refractivity contribution in [3.8, 4) is 0 Å². The molecular weight excluding hydrogens is 414 g/mol. The Morgan fingerprint density at radius 3 is 2.31 bits per heavy atom. The first kappa shape index (κ1) is 21.3. The number of hydrogen-bond donors (Lipinski definition) is 2. The fourth-order valence-corrected chi connectivity index (χ4v) is 4.86. The van der Waals surface area contributed by atoms with Gasteiger partial charge in [-0.2, -0.15) is 4.31 Å². The van der Waals surface area contributed by atoms with Crippen LogP contribution in [0.4, 0.5) is 0 Å². The zero-order valence-corrected chi connectivity index (χ0v) is 17.5. The summed E-state index contributed by atoms with van der Waals surface area (Å²) in [6.07, 6.45) is 1.66. The molecule has 0 aliphatic carbocycles. The van der Waals surface area contributed by atoms with Crippen LogP contribution in [0.3, 0.4) is 0 Å². The largest absolute Gasteiger partial charge is 0.355 e. The second kappa shape index (κ2) is 8.94. The first-order chi connectivity index (χ1) is 13.8. The maximum absolute atomic E-state index is 12.7. The van der Waals surface area contributed by atoms with Crippen molar-refractivity contribution < 1.29 is 18.0 Å². The Balaban J connectivity index is 1.73. The van der Waals surface area contributed by atoms with Crippen molar-refractivity contribution in [1.82, 2.24) is 14.9 Å². The van der Waals surface area contributed by atoms with Gasteiger partial charge in [-0.1, -0.05) is 23.7 Å². The molecule has 1 aliphatic heterocycles. The van der Waals surface area contributed by atoms with Crippen molar-refractivity contribution in [2.75, 3.05) is 20.1 Å². The van der Waals surface area contributed by atoms with Gasteiger partial charge in [0.15, 0.2) is 0 Å². The molecule has 0 unspecified atom stereocenters. The first-order valence-electron chi connectivity index (χ1n) is 9.22. The lowest BCUT2D eigenvalue weighted by atomic mass is 10.1. The molecule has 2 aromatic rings. The Morgan fingerprint density at radius 2 is 1.69 bits per heavy atom. The standard InChI is InChI=1S/C20H22ClN3O4S/c1-22-19(25)15-6-4-14(5-7-15)13-23-20(26)17-12-16(8-9-18(17)21)29(27,28)24-10-2-3-11-24/h4-9,12H,2-3,10-11,13H2,1H3,(H,22,25)(H,23,26). The van der Waals surface area contributed by atoms with E-state index < -0.39 is 15.9 Å². The average Bonchev–Trinajstić information content (AvgIpc) is 3.28. The summed E-state index contributed by atoms with van der Waals surface area (Å²) in [6.45, 7) is 1.18. The summed E-state index contributed by atoms with van der Waals surface area (Å²) < 4.78 is 26.9. The highest BCUT2D eigenvalue weighted by molar-refractivity contribution is 7.89. The summed E-state index contributed by atoms with van der Waals surface area (Å²) in [5.41, 5.74) is 1.42. The lowest BCUT2D eigenvalue weighted by molar-refractivity contribution is 0.0946. The van der Waals surface area contributed by atoms with Crippen molar-refractivity contribution in [3.05, 3.63) is 64.2 Å². The van der Waals surface area contributed by atoms with Crippen LogP contribution in [0.2, 0.25) is 5.02 Å². The summed E-state index contributed by atoms with van der Waals surface area (Å²) in [4.78, 5) is 24.2. The van der Waals surface area contributed by atoms with Gasteiger partial charge < -0.3 is 10.6 Å². The molecule has 7 nitrogen and oxygen atoms in total. The van der Waals surface area contributed by atoms with E-state index in [0.717, 1.165) is 18.4 Å². The molecule has 154 valence electrons. The lowest BCUT2D eigenvalue weighted by Crippen LogP contribution is -2.28. The van der Waals surface area contributed by atoms with E-state index in [4.69, 9.17) is 11.6 Å². The fourth-order valence-electron chi connectivity index (χ4n) is 3.11. The maximum Gasteiger partial charge on any atom is 0.253 e. The molecule has 0 bridgehead atoms. The van der Waals surface area contributed by atoms with Crippen molar-refractivity contribution in [1.29, 1.82) is 0 Å². The number of carbonyl (C=O) groups excluding carboxylic acids is 2. The Kier molecular flexibility index (Phi) is 6.56. The predicted octanol–water partition coefficient (Wildman–Crippen LogP) is 2.41. The molecular formula is C20H22ClN3O4S. The van der Waals surface area contributed by atoms with Crippen LogP contribution >= 0.6 is 11.6 Å². The molecule has 9 heteroatoms. The molecule has 3 rings (SSSR count). The number of amides is 2. The number of hydrogen-bond acceptors (Lipinski definition) is 4. The lowest BCUT2D eigenvalue weighted by Gasteiger charge is -2.16. The van der Waals surface area contributed by atoms with Crippen LogP contribution in [0.5, 0.6) is 0 Å². The molecule has 0 radical (unpaired) electrons. The smallest absolute Gasteiger partial charge is 0.253 e. The van der Waals surface area contributed by atoms with Crippen LogP contribution in [0.15, 0.2) is 47.4 Å². The summed E-state index contributed by atoms with van der Waals surface area (Å²) >= 11 is 6.14. The van der Waals surface area contributed by atoms with Gasteiger partial charge in [0, 0.05) is 32.2 Å². The van der Waals surface area contributed by atoms with Crippen molar-refractivity contribution in [3.63, 3.8) is 0 Å². The van der Waals surface area contributed by atoms with Gasteiger partial charge in [0.2, 0.25) is 10.0 Å². The SMILES string of the molecule is CNC(=O)c1ccc(CNC(=O)c2cc(S(=O)(=O)N3CCCC3)ccc2Cl)cc1. The Labute approximate surface area is 175 Å². The van der Waals surface area contributed by atoms with E-state index in [0.29, 0.717) is 18.7 Å². The van der Waals surface area contributed by atoms with E-state index >= 15 is 0 Å². The highest BCUT2D eigenvalue weighted by atomic mass is 35.5. The van der Waals surface area contributed by atoms with Gasteiger partial charge in [0.25, 0.3) is 11.8 Å². The van der Waals surface area contributed by atoms with Crippen LogP contribution in [-0.4, -0.2) is 44.7 Å². The number of carbonyl (C=O) groups is 2. The fraction of sp³-hybridized carbons (Fsp3) is 0.300. The third kappa shape index (κ3) is 4.77. The minimum atomic E-state index is -3.64. The summed E-state index contributed by atoms with van der Waals surface area (Å²) in [7, 11) is -2.08. The molecule has 2 aromatic carbocycles. The average molecular weight is 436 g/mol. The summed E-state index contributed by atoms with van der Waals surface area (Å²) in [6, 6.07) is 11.0. The quantitative estimate of drug-likeness (QED) is 0.728. The number of nitrogens with zero attached hydrogens (tertiary/aromatic N) is 1. The van der Waals surface area contributed by atoms with Gasteiger partial charge >= 0.3 is 0 Å². The van der Waals surface area contributed by atoms with Gasteiger partial charge in [-0.25, -0.2) is 8.42 Å². The molecule has 0 aromatic heterocycles. The molecule has 0 atom stereocenters. The molecule has 1 fully saturated rings. The normalized spacial score (nSPS) is 14.6. The van der Waals surface area contributed by atoms with Crippen molar-refractivity contribution in [2.24, 2.45) is 0 Å². The van der Waals surface area contributed by atoms with E-state index in [1.54, 1.807) is 31.3 Å². The minimum Gasteiger partial charge on any atom is -0.355 e. The van der Waals surface area contributed by atoms with Crippen molar-refractivity contribution in [2.45, 2.75) is 24.3 Å². The number of sulfonamides is 1. The van der Waals surface area contributed by atoms with Gasteiger partial charge in [-0.15, -0.1) is 0 Å². The Bertz CT molecular complexity index is 1020. The number of benzene rings is 2. The minimum absolute atomic E-state index is 0.0591. The molecule has 29 heavy (non-hydrogen) atoms. The van der Waals surface area contributed by atoms with E-state index in [-0.39, 0.29) is 27.9 Å². The van der Waals surface area contributed by atoms with Gasteiger partial charge in [0.05, 0.1) is 15.5 Å². The number of rotatable bonds is 6. The highest BCUT2D eigenvalue weighted by Crippen LogP contribution is 2.25. The van der Waals surface area contributed by atoms with Crippen LogP contribution in [-0.2, 0) is 16.6 Å². The monoisotopic (exact) mass is 435 g/mol. The second-order valence-corrected chi connectivity index (χ2v) is 9.06. The number of nitrogens with one attached hydrogen (secondary N) is 2. The molecule has 1 saturated heterocycles. The van der Waals surface area contributed by atoms with Crippen LogP contribution in [0.25, 0.3) is 0 Å². The highest BCUT2D eigenvalue weighted by Gasteiger charge is 2.28. The van der Waals surface area contributed by atoms with Crippen molar-refractivity contribution >= 4 is 33.4 Å².